The van der Waals surface area contributed by atoms with E-state index in [1.165, 1.54) is 29.5 Å². The van der Waals surface area contributed by atoms with Gasteiger partial charge < -0.3 is 5.32 Å². The summed E-state index contributed by atoms with van der Waals surface area (Å²) in [6.07, 6.45) is 0. The molecule has 0 aliphatic carbocycles. The van der Waals surface area contributed by atoms with Crippen LogP contribution in [0.2, 0.25) is 0 Å². The Bertz CT molecular complexity index is 760. The first-order chi connectivity index (χ1) is 9.83. The van der Waals surface area contributed by atoms with Crippen molar-refractivity contribution < 1.29 is 12.8 Å². The highest BCUT2D eigenvalue weighted by Gasteiger charge is 2.21. The summed E-state index contributed by atoms with van der Waals surface area (Å²) < 4.78 is 41.4. The fourth-order valence-corrected chi connectivity index (χ4v) is 4.90. The molecule has 0 spiro atoms. The largest absolute Gasteiger partial charge is 0.315 e. The van der Waals surface area contributed by atoms with E-state index in [2.05, 4.69) is 26.0 Å². The van der Waals surface area contributed by atoms with Gasteiger partial charge in [0.2, 0.25) is 0 Å². The Labute approximate surface area is 135 Å². The Morgan fingerprint density at radius 3 is 2.71 bits per heavy atom. The monoisotopic (exact) mass is 392 g/mol. The minimum absolute atomic E-state index is 0.0786. The second-order valence-electron chi connectivity index (χ2n) is 4.39. The maximum absolute atomic E-state index is 13.7. The minimum atomic E-state index is -3.81. The van der Waals surface area contributed by atoms with Gasteiger partial charge in [-0.2, -0.15) is 0 Å². The van der Waals surface area contributed by atoms with E-state index in [0.717, 1.165) is 4.88 Å². The summed E-state index contributed by atoms with van der Waals surface area (Å²) in [5.74, 6) is -0.620. The van der Waals surface area contributed by atoms with E-state index in [4.69, 9.17) is 0 Å². The first-order valence-electron chi connectivity index (χ1n) is 6.05. The van der Waals surface area contributed by atoms with Gasteiger partial charge in [0, 0.05) is 20.8 Å². The third kappa shape index (κ3) is 3.82. The molecule has 2 aromatic rings. The molecule has 21 heavy (non-hydrogen) atoms. The molecule has 0 saturated heterocycles. The van der Waals surface area contributed by atoms with Crippen molar-refractivity contribution >= 4 is 43.0 Å². The van der Waals surface area contributed by atoms with Crippen LogP contribution >= 0.6 is 27.3 Å². The van der Waals surface area contributed by atoms with Gasteiger partial charge >= 0.3 is 0 Å². The van der Waals surface area contributed by atoms with Crippen LogP contribution in [0, 0.1) is 12.7 Å². The number of thiophene rings is 1. The molecule has 4 nitrogen and oxygen atoms in total. The lowest BCUT2D eigenvalue weighted by Crippen LogP contribution is -2.14. The Balaban J connectivity index is 2.36. The van der Waals surface area contributed by atoms with Crippen molar-refractivity contribution in [1.82, 2.24) is 5.32 Å². The van der Waals surface area contributed by atoms with Gasteiger partial charge in [0.25, 0.3) is 10.0 Å². The van der Waals surface area contributed by atoms with Gasteiger partial charge in [-0.3, -0.25) is 4.72 Å². The minimum Gasteiger partial charge on any atom is -0.315 e. The lowest BCUT2D eigenvalue weighted by atomic mass is 10.3. The molecular weight excluding hydrogens is 379 g/mol. The standard InChI is InChI=1S/C13H14BrFN2O2S2/c1-8-13(6-10(20-8)7-16-2)21(18,19)17-12-5-9(14)3-4-11(12)15/h3-6,16-17H,7H2,1-2H3. The van der Waals surface area contributed by atoms with Gasteiger partial charge in [-0.1, -0.05) is 15.9 Å². The Hall–Kier alpha value is -0.960. The molecule has 1 aromatic carbocycles. The SMILES string of the molecule is CNCc1cc(S(=O)(=O)Nc2cc(Br)ccc2F)c(C)s1. The predicted molar refractivity (Wildman–Crippen MR) is 86.7 cm³/mol. The zero-order valence-corrected chi connectivity index (χ0v) is 14.6. The molecule has 0 aliphatic heterocycles. The number of sulfonamides is 1. The number of hydrogen-bond acceptors (Lipinski definition) is 4. The van der Waals surface area contributed by atoms with E-state index in [0.29, 0.717) is 15.9 Å². The molecular formula is C13H14BrFN2O2S2. The van der Waals surface area contributed by atoms with Crippen LogP contribution in [0.5, 0.6) is 0 Å². The molecule has 0 aliphatic rings. The van der Waals surface area contributed by atoms with Gasteiger partial charge in [0.15, 0.2) is 0 Å². The first kappa shape index (κ1) is 16.4. The van der Waals surface area contributed by atoms with E-state index in [1.807, 2.05) is 0 Å². The van der Waals surface area contributed by atoms with E-state index < -0.39 is 15.8 Å². The Kier molecular flexibility index (Phi) is 5.03. The van der Waals surface area contributed by atoms with E-state index in [1.54, 1.807) is 20.0 Å². The molecule has 0 fully saturated rings. The third-order valence-corrected chi connectivity index (χ3v) is 5.90. The number of hydrogen-bond donors (Lipinski definition) is 2. The lowest BCUT2D eigenvalue weighted by Gasteiger charge is -2.09. The first-order valence-corrected chi connectivity index (χ1v) is 9.14. The maximum Gasteiger partial charge on any atom is 0.263 e. The van der Waals surface area contributed by atoms with Crippen molar-refractivity contribution in [2.45, 2.75) is 18.4 Å². The van der Waals surface area contributed by atoms with Crippen molar-refractivity contribution in [2.75, 3.05) is 11.8 Å². The van der Waals surface area contributed by atoms with Gasteiger partial charge in [-0.25, -0.2) is 12.8 Å². The van der Waals surface area contributed by atoms with Crippen LogP contribution in [-0.4, -0.2) is 15.5 Å². The molecule has 0 saturated carbocycles. The van der Waals surface area contributed by atoms with Crippen LogP contribution < -0.4 is 10.0 Å². The summed E-state index contributed by atoms with van der Waals surface area (Å²) >= 11 is 4.59. The molecule has 8 heteroatoms. The van der Waals surface area contributed by atoms with Crippen LogP contribution in [0.15, 0.2) is 33.6 Å². The average Bonchev–Trinajstić information content (AvgIpc) is 2.76. The van der Waals surface area contributed by atoms with Crippen LogP contribution in [0.4, 0.5) is 10.1 Å². The highest BCUT2D eigenvalue weighted by Crippen LogP contribution is 2.29. The summed E-state index contributed by atoms with van der Waals surface area (Å²) in [4.78, 5) is 1.75. The zero-order chi connectivity index (χ0) is 15.6. The number of anilines is 1. The Morgan fingerprint density at radius 2 is 2.05 bits per heavy atom. The predicted octanol–water partition coefficient (Wildman–Crippen LogP) is 3.48. The maximum atomic E-state index is 13.7. The van der Waals surface area contributed by atoms with Crippen LogP contribution in [-0.2, 0) is 16.6 Å². The molecule has 2 N–H and O–H groups in total. The summed E-state index contributed by atoms with van der Waals surface area (Å²) in [5.41, 5.74) is -0.0786. The lowest BCUT2D eigenvalue weighted by molar-refractivity contribution is 0.598. The van der Waals surface area contributed by atoms with Gasteiger partial charge in [0.1, 0.15) is 10.7 Å². The number of nitrogens with one attached hydrogen (secondary N) is 2. The smallest absolute Gasteiger partial charge is 0.263 e. The van der Waals surface area contributed by atoms with Crippen molar-refractivity contribution in [3.05, 3.63) is 44.3 Å². The molecule has 0 unspecified atom stereocenters. The fourth-order valence-electron chi connectivity index (χ4n) is 1.83. The van der Waals surface area contributed by atoms with E-state index in [9.17, 15) is 12.8 Å². The molecule has 0 amide bonds. The molecule has 0 bridgehead atoms. The summed E-state index contributed by atoms with van der Waals surface area (Å²) in [7, 11) is -2.02. The number of benzene rings is 1. The van der Waals surface area contributed by atoms with Gasteiger partial charge in [-0.05, 0) is 38.2 Å². The molecule has 1 aromatic heterocycles. The normalized spacial score (nSPS) is 11.6. The molecule has 0 atom stereocenters. The van der Waals surface area contributed by atoms with Crippen LogP contribution in [0.25, 0.3) is 0 Å². The van der Waals surface area contributed by atoms with Crippen molar-refractivity contribution in [2.24, 2.45) is 0 Å². The number of halogens is 2. The van der Waals surface area contributed by atoms with E-state index in [-0.39, 0.29) is 10.6 Å². The molecule has 0 radical (unpaired) electrons. The zero-order valence-electron chi connectivity index (χ0n) is 11.4. The topological polar surface area (TPSA) is 58.2 Å². The highest BCUT2D eigenvalue weighted by atomic mass is 79.9. The number of aryl methyl sites for hydroxylation is 1. The second-order valence-corrected chi connectivity index (χ2v) is 8.30. The van der Waals surface area contributed by atoms with Gasteiger partial charge in [0.05, 0.1) is 5.69 Å². The van der Waals surface area contributed by atoms with Crippen molar-refractivity contribution in [1.29, 1.82) is 0 Å². The second kappa shape index (κ2) is 6.43. The fraction of sp³-hybridized carbons (Fsp3) is 0.231. The average molecular weight is 393 g/mol. The quantitative estimate of drug-likeness (QED) is 0.818. The van der Waals surface area contributed by atoms with Crippen LogP contribution in [0.1, 0.15) is 9.75 Å². The van der Waals surface area contributed by atoms with Crippen LogP contribution in [0.3, 0.4) is 0 Å². The Morgan fingerprint density at radius 1 is 1.33 bits per heavy atom. The summed E-state index contributed by atoms with van der Waals surface area (Å²) in [6.45, 7) is 2.32. The van der Waals surface area contributed by atoms with E-state index >= 15 is 0 Å². The van der Waals surface area contributed by atoms with Crippen molar-refractivity contribution in [3.63, 3.8) is 0 Å². The number of rotatable bonds is 5. The molecule has 1 heterocycles. The molecule has 114 valence electrons. The highest BCUT2D eigenvalue weighted by molar-refractivity contribution is 9.10. The summed E-state index contributed by atoms with van der Waals surface area (Å²) in [5, 5.41) is 2.97. The summed E-state index contributed by atoms with van der Waals surface area (Å²) in [6, 6.07) is 5.71. The van der Waals surface area contributed by atoms with Gasteiger partial charge in [-0.15, -0.1) is 11.3 Å². The molecule has 2 rings (SSSR count). The third-order valence-electron chi connectivity index (χ3n) is 2.74. The van der Waals surface area contributed by atoms with Crippen molar-refractivity contribution in [3.8, 4) is 0 Å².